The molecule has 8 heteroatoms. The fourth-order valence-corrected chi connectivity index (χ4v) is 2.88. The minimum atomic E-state index is -0.383. The van der Waals surface area contributed by atoms with Crippen molar-refractivity contribution in [1.82, 2.24) is 15.5 Å². The number of carbonyl (C=O) groups is 1. The number of benzene rings is 1. The van der Waals surface area contributed by atoms with Crippen LogP contribution in [0, 0.1) is 0 Å². The van der Waals surface area contributed by atoms with E-state index in [1.54, 1.807) is 13.2 Å². The largest absolute Gasteiger partial charge is 0.495 e. The Hall–Kier alpha value is -2.61. The molecule has 1 aliphatic heterocycles. The summed E-state index contributed by atoms with van der Waals surface area (Å²) in [5.41, 5.74) is 1.44. The van der Waals surface area contributed by atoms with Gasteiger partial charge in [0, 0.05) is 24.6 Å². The fraction of sp³-hybridized carbons (Fsp3) is 0.526. The van der Waals surface area contributed by atoms with Gasteiger partial charge in [0.2, 0.25) is 11.8 Å². The number of nitrogens with one attached hydrogen (secondary N) is 1. The van der Waals surface area contributed by atoms with Crippen LogP contribution < -0.4 is 15.0 Å². The minimum absolute atomic E-state index is 0.145. The summed E-state index contributed by atoms with van der Waals surface area (Å²) in [6.45, 7) is 8.62. The molecular weight excluding hydrogens is 348 g/mol. The molecule has 0 bridgehead atoms. The molecule has 0 unspecified atom stereocenters. The molecule has 1 aromatic carbocycles. The molecule has 1 saturated heterocycles. The van der Waals surface area contributed by atoms with Crippen LogP contribution in [0.4, 0.5) is 5.69 Å². The van der Waals surface area contributed by atoms with Crippen molar-refractivity contribution in [3.63, 3.8) is 0 Å². The Kier molecular flexibility index (Phi) is 5.95. The van der Waals surface area contributed by atoms with Crippen molar-refractivity contribution >= 4 is 11.6 Å². The van der Waals surface area contributed by atoms with Crippen molar-refractivity contribution in [2.75, 3.05) is 38.3 Å². The SMILES string of the molecule is COc1ccc(C(=O)N[C@@H](C)c2nnc(C(C)C)o2)cc1N1CCOCC1. The highest BCUT2D eigenvalue weighted by atomic mass is 16.5. The standard InChI is InChI=1S/C19H26N4O4/c1-12(2)18-21-22-19(27-18)13(3)20-17(24)14-5-6-16(25-4)15(11-14)23-7-9-26-10-8-23/h5-6,11-13H,7-10H2,1-4H3,(H,20,24)/t13-/m0/s1. The van der Waals surface area contributed by atoms with Gasteiger partial charge in [-0.05, 0) is 25.1 Å². The molecule has 2 aromatic rings. The molecule has 1 fully saturated rings. The Morgan fingerprint density at radius 3 is 2.52 bits per heavy atom. The molecule has 27 heavy (non-hydrogen) atoms. The lowest BCUT2D eigenvalue weighted by molar-refractivity contribution is 0.0933. The van der Waals surface area contributed by atoms with E-state index in [1.807, 2.05) is 32.9 Å². The summed E-state index contributed by atoms with van der Waals surface area (Å²) >= 11 is 0. The molecule has 1 aromatic heterocycles. The normalized spacial score (nSPS) is 15.7. The van der Waals surface area contributed by atoms with Crippen molar-refractivity contribution in [3.05, 3.63) is 35.5 Å². The molecule has 0 aliphatic carbocycles. The van der Waals surface area contributed by atoms with E-state index >= 15 is 0 Å². The van der Waals surface area contributed by atoms with E-state index in [2.05, 4.69) is 20.4 Å². The number of amides is 1. The number of morpholine rings is 1. The van der Waals surface area contributed by atoms with Gasteiger partial charge in [0.1, 0.15) is 11.8 Å². The lowest BCUT2D eigenvalue weighted by atomic mass is 10.1. The van der Waals surface area contributed by atoms with E-state index in [0.717, 1.165) is 24.5 Å². The fourth-order valence-electron chi connectivity index (χ4n) is 2.88. The quantitative estimate of drug-likeness (QED) is 0.831. The first-order chi connectivity index (χ1) is 13.0. The van der Waals surface area contributed by atoms with E-state index in [0.29, 0.717) is 30.6 Å². The van der Waals surface area contributed by atoms with Gasteiger partial charge >= 0.3 is 0 Å². The zero-order valence-corrected chi connectivity index (χ0v) is 16.2. The van der Waals surface area contributed by atoms with Crippen molar-refractivity contribution in [2.45, 2.75) is 32.7 Å². The van der Waals surface area contributed by atoms with Crippen LogP contribution in [-0.4, -0.2) is 49.5 Å². The molecule has 8 nitrogen and oxygen atoms in total. The van der Waals surface area contributed by atoms with E-state index < -0.39 is 0 Å². The Morgan fingerprint density at radius 2 is 1.89 bits per heavy atom. The van der Waals surface area contributed by atoms with Crippen molar-refractivity contribution < 1.29 is 18.7 Å². The van der Waals surface area contributed by atoms with E-state index in [4.69, 9.17) is 13.9 Å². The van der Waals surface area contributed by atoms with Gasteiger partial charge in [0.25, 0.3) is 5.91 Å². The number of nitrogens with zero attached hydrogens (tertiary/aromatic N) is 3. The summed E-state index contributed by atoms with van der Waals surface area (Å²) in [5.74, 6) is 1.63. The average molecular weight is 374 g/mol. The molecule has 1 aliphatic rings. The molecule has 0 spiro atoms. The van der Waals surface area contributed by atoms with Gasteiger partial charge < -0.3 is 24.1 Å². The third-order valence-corrected chi connectivity index (χ3v) is 4.46. The number of anilines is 1. The second-order valence-electron chi connectivity index (χ2n) is 6.81. The number of carbonyl (C=O) groups excluding carboxylic acids is 1. The number of hydrogen-bond donors (Lipinski definition) is 1. The summed E-state index contributed by atoms with van der Waals surface area (Å²) in [5, 5.41) is 11.0. The Morgan fingerprint density at radius 1 is 1.19 bits per heavy atom. The van der Waals surface area contributed by atoms with Crippen LogP contribution in [0.2, 0.25) is 0 Å². The molecule has 0 radical (unpaired) electrons. The lowest BCUT2D eigenvalue weighted by Crippen LogP contribution is -2.36. The maximum atomic E-state index is 12.7. The monoisotopic (exact) mass is 374 g/mol. The second kappa shape index (κ2) is 8.39. The van der Waals surface area contributed by atoms with Crippen LogP contribution in [0.1, 0.15) is 54.9 Å². The maximum Gasteiger partial charge on any atom is 0.251 e. The predicted octanol–water partition coefficient (Wildman–Crippen LogP) is 2.53. The number of methoxy groups -OCH3 is 1. The molecule has 1 N–H and O–H groups in total. The van der Waals surface area contributed by atoms with Crippen molar-refractivity contribution in [2.24, 2.45) is 0 Å². The van der Waals surface area contributed by atoms with Gasteiger partial charge in [-0.15, -0.1) is 10.2 Å². The summed E-state index contributed by atoms with van der Waals surface area (Å²) in [6, 6.07) is 5.03. The Balaban J connectivity index is 1.75. The van der Waals surface area contributed by atoms with Crippen molar-refractivity contribution in [3.8, 4) is 5.75 Å². The first-order valence-corrected chi connectivity index (χ1v) is 9.14. The third kappa shape index (κ3) is 4.39. The highest BCUT2D eigenvalue weighted by Gasteiger charge is 2.21. The first-order valence-electron chi connectivity index (χ1n) is 9.14. The van der Waals surface area contributed by atoms with Gasteiger partial charge in [-0.25, -0.2) is 0 Å². The summed E-state index contributed by atoms with van der Waals surface area (Å²) in [4.78, 5) is 14.9. The summed E-state index contributed by atoms with van der Waals surface area (Å²) in [6.07, 6.45) is 0. The van der Waals surface area contributed by atoms with Gasteiger partial charge in [0.05, 0.1) is 26.0 Å². The van der Waals surface area contributed by atoms with E-state index in [9.17, 15) is 4.79 Å². The number of hydrogen-bond acceptors (Lipinski definition) is 7. The van der Waals surface area contributed by atoms with Gasteiger partial charge in [-0.1, -0.05) is 13.8 Å². The smallest absolute Gasteiger partial charge is 0.251 e. The highest BCUT2D eigenvalue weighted by Crippen LogP contribution is 2.30. The maximum absolute atomic E-state index is 12.7. The zero-order chi connectivity index (χ0) is 19.4. The van der Waals surface area contributed by atoms with Crippen LogP contribution in [0.5, 0.6) is 5.75 Å². The Bertz CT molecular complexity index is 784. The first kappa shape index (κ1) is 19.2. The molecule has 2 heterocycles. The zero-order valence-electron chi connectivity index (χ0n) is 16.2. The summed E-state index contributed by atoms with van der Waals surface area (Å²) in [7, 11) is 1.63. The summed E-state index contributed by atoms with van der Waals surface area (Å²) < 4.78 is 16.5. The van der Waals surface area contributed by atoms with E-state index in [-0.39, 0.29) is 17.9 Å². The van der Waals surface area contributed by atoms with Crippen LogP contribution in [0.3, 0.4) is 0 Å². The molecule has 1 amide bonds. The van der Waals surface area contributed by atoms with Crippen molar-refractivity contribution in [1.29, 1.82) is 0 Å². The van der Waals surface area contributed by atoms with Crippen LogP contribution >= 0.6 is 0 Å². The molecule has 0 saturated carbocycles. The number of ether oxygens (including phenoxy) is 2. The predicted molar refractivity (Wildman–Crippen MR) is 100 cm³/mol. The van der Waals surface area contributed by atoms with Crippen LogP contribution in [0.25, 0.3) is 0 Å². The Labute approximate surface area is 158 Å². The molecule has 146 valence electrons. The second-order valence-corrected chi connectivity index (χ2v) is 6.81. The van der Waals surface area contributed by atoms with Crippen LogP contribution in [-0.2, 0) is 4.74 Å². The topological polar surface area (TPSA) is 89.7 Å². The van der Waals surface area contributed by atoms with Gasteiger partial charge in [-0.3, -0.25) is 4.79 Å². The molecular formula is C19H26N4O4. The third-order valence-electron chi connectivity index (χ3n) is 4.46. The molecule has 3 rings (SSSR count). The lowest BCUT2D eigenvalue weighted by Gasteiger charge is -2.30. The van der Waals surface area contributed by atoms with Gasteiger partial charge in [0.15, 0.2) is 0 Å². The molecule has 1 atom stereocenters. The number of rotatable bonds is 6. The highest BCUT2D eigenvalue weighted by molar-refractivity contribution is 5.95. The minimum Gasteiger partial charge on any atom is -0.495 e. The van der Waals surface area contributed by atoms with E-state index in [1.165, 1.54) is 0 Å². The average Bonchev–Trinajstić information content (AvgIpc) is 3.19. The van der Waals surface area contributed by atoms with Gasteiger partial charge in [-0.2, -0.15) is 0 Å². The van der Waals surface area contributed by atoms with Crippen LogP contribution in [0.15, 0.2) is 22.6 Å². The number of aromatic nitrogens is 2.